The van der Waals surface area contributed by atoms with E-state index in [0.717, 1.165) is 38.0 Å². The molecule has 0 atom stereocenters. The van der Waals surface area contributed by atoms with Crippen LogP contribution in [0.5, 0.6) is 11.5 Å². The maximum Gasteiger partial charge on any atom is 0.163 e. The van der Waals surface area contributed by atoms with E-state index in [1.54, 1.807) is 6.33 Å². The Labute approximate surface area is 170 Å². The summed E-state index contributed by atoms with van der Waals surface area (Å²) in [6, 6.07) is 19.9. The summed E-state index contributed by atoms with van der Waals surface area (Å²) in [5, 5.41) is 4.23. The molecule has 1 aromatic heterocycles. The number of nitrogens with one attached hydrogen (secondary N) is 1. The molecule has 1 N–H and O–H groups in total. The molecule has 0 fully saturated rings. The van der Waals surface area contributed by atoms with Crippen molar-refractivity contribution in [2.24, 2.45) is 0 Å². The van der Waals surface area contributed by atoms with Crippen LogP contribution < -0.4 is 14.8 Å². The summed E-state index contributed by atoms with van der Waals surface area (Å²) in [5.74, 6) is 2.10. The molecule has 0 unspecified atom stereocenters. The van der Waals surface area contributed by atoms with Crippen LogP contribution >= 0.6 is 15.9 Å². The molecule has 0 aliphatic carbocycles. The maximum atomic E-state index is 6.07. The fourth-order valence-corrected chi connectivity index (χ4v) is 3.64. The summed E-state index contributed by atoms with van der Waals surface area (Å²) in [6.07, 6.45) is 1.55. The van der Waals surface area contributed by atoms with Gasteiger partial charge in [0.1, 0.15) is 25.4 Å². The minimum absolute atomic E-state index is 0.500. The first-order valence-corrected chi connectivity index (χ1v) is 9.69. The highest BCUT2D eigenvalue weighted by Gasteiger charge is 2.16. The zero-order chi connectivity index (χ0) is 18.9. The predicted octanol–water partition coefficient (Wildman–Crippen LogP) is 5.61. The molecular formula is C22H16BrN3O2. The third kappa shape index (κ3) is 3.27. The SMILES string of the molecule is Brc1cccc(Nc2ncnc3cc4c(cc23)OCc2ccccc2CO4)c1. The molecule has 4 aromatic rings. The van der Waals surface area contributed by atoms with Gasteiger partial charge in [0.2, 0.25) is 0 Å². The van der Waals surface area contributed by atoms with E-state index in [9.17, 15) is 0 Å². The van der Waals surface area contributed by atoms with Crippen molar-refractivity contribution in [2.45, 2.75) is 13.2 Å². The van der Waals surface area contributed by atoms with Gasteiger partial charge in [-0.3, -0.25) is 0 Å². The number of rotatable bonds is 2. The highest BCUT2D eigenvalue weighted by molar-refractivity contribution is 9.10. The highest BCUT2D eigenvalue weighted by Crippen LogP contribution is 2.37. The summed E-state index contributed by atoms with van der Waals surface area (Å²) >= 11 is 3.49. The number of benzene rings is 3. The largest absolute Gasteiger partial charge is 0.485 e. The predicted molar refractivity (Wildman–Crippen MR) is 112 cm³/mol. The van der Waals surface area contributed by atoms with Crippen LogP contribution in [0.4, 0.5) is 11.5 Å². The van der Waals surface area contributed by atoms with Gasteiger partial charge in [0, 0.05) is 21.6 Å². The highest BCUT2D eigenvalue weighted by atomic mass is 79.9. The molecule has 0 saturated carbocycles. The molecule has 6 heteroatoms. The molecule has 0 spiro atoms. The average Bonchev–Trinajstić information content (AvgIpc) is 2.70. The lowest BCUT2D eigenvalue weighted by atomic mass is 10.1. The van der Waals surface area contributed by atoms with Gasteiger partial charge in [0.15, 0.2) is 11.5 Å². The van der Waals surface area contributed by atoms with Crippen molar-refractivity contribution in [3.05, 3.63) is 82.6 Å². The van der Waals surface area contributed by atoms with E-state index >= 15 is 0 Å². The zero-order valence-electron chi connectivity index (χ0n) is 14.9. The van der Waals surface area contributed by atoms with Gasteiger partial charge in [-0.2, -0.15) is 0 Å². The van der Waals surface area contributed by atoms with E-state index in [-0.39, 0.29) is 0 Å². The van der Waals surface area contributed by atoms with Crippen molar-refractivity contribution < 1.29 is 9.47 Å². The van der Waals surface area contributed by atoms with Crippen LogP contribution in [0.2, 0.25) is 0 Å². The number of fused-ring (bicyclic) bond motifs is 3. The van der Waals surface area contributed by atoms with Crippen molar-refractivity contribution in [3.63, 3.8) is 0 Å². The second-order valence-electron chi connectivity index (χ2n) is 6.52. The van der Waals surface area contributed by atoms with E-state index in [2.05, 4.69) is 43.3 Å². The zero-order valence-corrected chi connectivity index (χ0v) is 16.4. The molecule has 28 heavy (non-hydrogen) atoms. The number of halogens is 1. The summed E-state index contributed by atoms with van der Waals surface area (Å²) in [6.45, 7) is 1.01. The molecule has 5 rings (SSSR count). The lowest BCUT2D eigenvalue weighted by Crippen LogP contribution is -2.08. The van der Waals surface area contributed by atoms with Crippen molar-refractivity contribution in [1.29, 1.82) is 0 Å². The molecule has 138 valence electrons. The Bertz CT molecular complexity index is 1180. The van der Waals surface area contributed by atoms with E-state index in [4.69, 9.17) is 9.47 Å². The molecule has 0 amide bonds. The summed E-state index contributed by atoms with van der Waals surface area (Å²) < 4.78 is 13.1. The number of ether oxygens (including phenoxy) is 2. The number of hydrogen-bond acceptors (Lipinski definition) is 5. The summed E-state index contributed by atoms with van der Waals surface area (Å²) in [5.41, 5.74) is 3.99. The van der Waals surface area contributed by atoms with Crippen LogP contribution in [0.3, 0.4) is 0 Å². The molecule has 5 nitrogen and oxygen atoms in total. The molecule has 3 aromatic carbocycles. The van der Waals surface area contributed by atoms with Gasteiger partial charge in [-0.1, -0.05) is 46.3 Å². The molecule has 0 bridgehead atoms. The van der Waals surface area contributed by atoms with E-state index < -0.39 is 0 Å². The van der Waals surface area contributed by atoms with Gasteiger partial charge < -0.3 is 14.8 Å². The first-order chi connectivity index (χ1) is 13.8. The Kier molecular flexibility index (Phi) is 4.33. The summed E-state index contributed by atoms with van der Waals surface area (Å²) in [7, 11) is 0. The first kappa shape index (κ1) is 17.0. The van der Waals surface area contributed by atoms with Crippen molar-refractivity contribution >= 4 is 38.3 Å². The van der Waals surface area contributed by atoms with Crippen LogP contribution in [-0.2, 0) is 13.2 Å². The van der Waals surface area contributed by atoms with E-state index in [1.165, 1.54) is 0 Å². The number of nitrogens with zero attached hydrogens (tertiary/aromatic N) is 2. The maximum absolute atomic E-state index is 6.07. The van der Waals surface area contributed by atoms with Crippen LogP contribution in [0, 0.1) is 0 Å². The monoisotopic (exact) mass is 433 g/mol. The molecule has 0 saturated heterocycles. The third-order valence-corrected chi connectivity index (χ3v) is 5.17. The first-order valence-electron chi connectivity index (χ1n) is 8.90. The Morgan fingerprint density at radius 3 is 2.32 bits per heavy atom. The van der Waals surface area contributed by atoms with Gasteiger partial charge in [0.05, 0.1) is 5.52 Å². The second-order valence-corrected chi connectivity index (χ2v) is 7.44. The summed E-state index contributed by atoms with van der Waals surface area (Å²) in [4.78, 5) is 8.84. The number of anilines is 2. The van der Waals surface area contributed by atoms with Gasteiger partial charge in [-0.25, -0.2) is 9.97 Å². The fraction of sp³-hybridized carbons (Fsp3) is 0.0909. The molecule has 1 aliphatic heterocycles. The molecule has 2 heterocycles. The van der Waals surface area contributed by atoms with Gasteiger partial charge >= 0.3 is 0 Å². The molecule has 1 aliphatic rings. The number of hydrogen-bond donors (Lipinski definition) is 1. The van der Waals surface area contributed by atoms with Crippen LogP contribution in [-0.4, -0.2) is 9.97 Å². The van der Waals surface area contributed by atoms with Crippen LogP contribution in [0.1, 0.15) is 11.1 Å². The Balaban J connectivity index is 1.54. The van der Waals surface area contributed by atoms with Crippen molar-refractivity contribution in [3.8, 4) is 11.5 Å². The molecular weight excluding hydrogens is 418 g/mol. The second kappa shape index (κ2) is 7.13. The van der Waals surface area contributed by atoms with E-state index in [0.29, 0.717) is 24.7 Å². The minimum Gasteiger partial charge on any atom is -0.485 e. The smallest absolute Gasteiger partial charge is 0.163 e. The van der Waals surface area contributed by atoms with Crippen molar-refractivity contribution in [2.75, 3.05) is 5.32 Å². The Morgan fingerprint density at radius 2 is 1.57 bits per heavy atom. The molecule has 0 radical (unpaired) electrons. The van der Waals surface area contributed by atoms with Gasteiger partial charge in [-0.15, -0.1) is 0 Å². The minimum atomic E-state index is 0.500. The third-order valence-electron chi connectivity index (χ3n) is 4.67. The Morgan fingerprint density at radius 1 is 0.821 bits per heavy atom. The lowest BCUT2D eigenvalue weighted by Gasteiger charge is -2.20. The van der Waals surface area contributed by atoms with Crippen LogP contribution in [0.15, 0.2) is 71.5 Å². The quantitative estimate of drug-likeness (QED) is 0.445. The van der Waals surface area contributed by atoms with Gasteiger partial charge in [-0.05, 0) is 35.4 Å². The van der Waals surface area contributed by atoms with Gasteiger partial charge in [0.25, 0.3) is 0 Å². The van der Waals surface area contributed by atoms with Crippen LogP contribution in [0.25, 0.3) is 10.9 Å². The average molecular weight is 434 g/mol. The Hall–Kier alpha value is -3.12. The standard InChI is InChI=1S/C22H16BrN3O2/c23-16-6-3-7-17(8-16)26-22-18-9-20-21(10-19(18)24-13-25-22)28-12-15-5-2-1-4-14(15)11-27-20/h1-10,13H,11-12H2,(H,24,25,26). The topological polar surface area (TPSA) is 56.3 Å². The van der Waals surface area contributed by atoms with Crippen molar-refractivity contribution in [1.82, 2.24) is 9.97 Å². The lowest BCUT2D eigenvalue weighted by molar-refractivity contribution is 0.238. The van der Waals surface area contributed by atoms with E-state index in [1.807, 2.05) is 48.5 Å². The normalized spacial score (nSPS) is 12.8. The number of aromatic nitrogens is 2. The fourth-order valence-electron chi connectivity index (χ4n) is 3.24.